The molecule has 2 nitrogen and oxygen atoms in total. The minimum atomic E-state index is -0.913. The van der Waals surface area contributed by atoms with E-state index < -0.39 is 11.6 Å². The Morgan fingerprint density at radius 1 is 1.33 bits per heavy atom. The Balaban J connectivity index is 2.96. The zero-order valence-corrected chi connectivity index (χ0v) is 9.88. The molecule has 0 spiro atoms. The molecule has 0 aliphatic rings. The van der Waals surface area contributed by atoms with Gasteiger partial charge in [0.2, 0.25) is 0 Å². The summed E-state index contributed by atoms with van der Waals surface area (Å²) in [5, 5.41) is 0.686. The third-order valence-corrected chi connectivity index (χ3v) is 2.89. The van der Waals surface area contributed by atoms with Crippen LogP contribution in [0.3, 0.4) is 0 Å². The minimum Gasteiger partial charge on any atom is -0.496 e. The number of nitrogens with zero attached hydrogens (tertiary/aromatic N) is 1. The molecule has 78 valence electrons. The molecular formula is C10H6F2INO. The fourth-order valence-electron chi connectivity index (χ4n) is 1.39. The number of hydrogen-bond acceptors (Lipinski definition) is 2. The zero-order valence-electron chi connectivity index (χ0n) is 7.72. The van der Waals surface area contributed by atoms with Gasteiger partial charge < -0.3 is 4.74 Å². The molecule has 0 fully saturated rings. The van der Waals surface area contributed by atoms with Gasteiger partial charge in [-0.3, -0.25) is 4.98 Å². The van der Waals surface area contributed by atoms with E-state index in [9.17, 15) is 8.78 Å². The molecule has 0 saturated carbocycles. The van der Waals surface area contributed by atoms with Gasteiger partial charge in [0, 0.05) is 32.8 Å². The molecule has 0 amide bonds. The summed E-state index contributed by atoms with van der Waals surface area (Å²) in [5.41, 5.74) is 0. The maximum atomic E-state index is 13.5. The van der Waals surface area contributed by atoms with Gasteiger partial charge >= 0.3 is 0 Å². The summed E-state index contributed by atoms with van der Waals surface area (Å²) in [5.74, 6) is -1.49. The van der Waals surface area contributed by atoms with E-state index in [0.717, 1.165) is 6.07 Å². The van der Waals surface area contributed by atoms with E-state index in [2.05, 4.69) is 4.98 Å². The molecule has 15 heavy (non-hydrogen) atoms. The molecule has 1 aromatic heterocycles. The SMILES string of the molecule is COc1cc(F)c(F)c2c(I)cncc12. The van der Waals surface area contributed by atoms with Crippen LogP contribution in [-0.2, 0) is 0 Å². The van der Waals surface area contributed by atoms with Crippen LogP contribution in [0.15, 0.2) is 18.5 Å². The van der Waals surface area contributed by atoms with Crippen molar-refractivity contribution in [2.24, 2.45) is 0 Å². The Kier molecular flexibility index (Phi) is 2.72. The highest BCUT2D eigenvalue weighted by Crippen LogP contribution is 2.31. The van der Waals surface area contributed by atoms with Crippen molar-refractivity contribution in [2.75, 3.05) is 7.11 Å². The highest BCUT2D eigenvalue weighted by Gasteiger charge is 2.14. The predicted molar refractivity (Wildman–Crippen MR) is 60.9 cm³/mol. The maximum absolute atomic E-state index is 13.5. The fourth-order valence-corrected chi connectivity index (χ4v) is 2.08. The van der Waals surface area contributed by atoms with Crippen molar-refractivity contribution in [1.82, 2.24) is 4.98 Å². The molecule has 0 saturated heterocycles. The van der Waals surface area contributed by atoms with Crippen molar-refractivity contribution in [3.05, 3.63) is 33.7 Å². The van der Waals surface area contributed by atoms with E-state index >= 15 is 0 Å². The van der Waals surface area contributed by atoms with Crippen molar-refractivity contribution in [1.29, 1.82) is 0 Å². The van der Waals surface area contributed by atoms with Crippen LogP contribution in [0.4, 0.5) is 8.78 Å². The van der Waals surface area contributed by atoms with E-state index in [1.807, 2.05) is 22.6 Å². The van der Waals surface area contributed by atoms with Crippen molar-refractivity contribution in [2.45, 2.75) is 0 Å². The van der Waals surface area contributed by atoms with Gasteiger partial charge in [-0.15, -0.1) is 0 Å². The topological polar surface area (TPSA) is 22.1 Å². The average Bonchev–Trinajstić information content (AvgIpc) is 2.23. The number of ether oxygens (including phenoxy) is 1. The molecule has 0 aliphatic carbocycles. The van der Waals surface area contributed by atoms with Crippen LogP contribution >= 0.6 is 22.6 Å². The smallest absolute Gasteiger partial charge is 0.168 e. The number of fused-ring (bicyclic) bond motifs is 1. The molecular weight excluding hydrogens is 315 g/mol. The number of hydrogen-bond donors (Lipinski definition) is 0. The summed E-state index contributed by atoms with van der Waals surface area (Å²) in [6.07, 6.45) is 2.93. The average molecular weight is 321 g/mol. The number of methoxy groups -OCH3 is 1. The lowest BCUT2D eigenvalue weighted by molar-refractivity contribution is 0.412. The van der Waals surface area contributed by atoms with Crippen molar-refractivity contribution >= 4 is 33.4 Å². The third kappa shape index (κ3) is 1.64. The predicted octanol–water partition coefficient (Wildman–Crippen LogP) is 3.13. The molecule has 0 unspecified atom stereocenters. The number of rotatable bonds is 1. The summed E-state index contributed by atoms with van der Waals surface area (Å²) < 4.78 is 32.2. The monoisotopic (exact) mass is 321 g/mol. The largest absolute Gasteiger partial charge is 0.496 e. The second-order valence-electron chi connectivity index (χ2n) is 2.92. The lowest BCUT2D eigenvalue weighted by Crippen LogP contribution is -1.94. The molecule has 0 bridgehead atoms. The Hall–Kier alpha value is -0.980. The summed E-state index contributed by atoms with van der Waals surface area (Å²) >= 11 is 1.91. The lowest BCUT2D eigenvalue weighted by atomic mass is 10.1. The molecule has 0 aliphatic heterocycles. The van der Waals surface area contributed by atoms with Crippen LogP contribution < -0.4 is 4.74 Å². The maximum Gasteiger partial charge on any atom is 0.168 e. The Morgan fingerprint density at radius 3 is 2.73 bits per heavy atom. The van der Waals surface area contributed by atoms with Gasteiger partial charge in [-0.05, 0) is 22.6 Å². The summed E-state index contributed by atoms with van der Waals surface area (Å²) in [7, 11) is 1.41. The standard InChI is InChI=1S/C10H6F2INO/c1-15-8-2-6(11)10(12)9-5(8)3-14-4-7(9)13/h2-4H,1H3. The van der Waals surface area contributed by atoms with E-state index in [1.54, 1.807) is 0 Å². The van der Waals surface area contributed by atoms with Crippen molar-refractivity contribution in [3.8, 4) is 5.75 Å². The van der Waals surface area contributed by atoms with Crippen LogP contribution in [0.2, 0.25) is 0 Å². The van der Waals surface area contributed by atoms with Crippen molar-refractivity contribution < 1.29 is 13.5 Å². The number of pyridine rings is 1. The summed E-state index contributed by atoms with van der Waals surface area (Å²) in [6.45, 7) is 0. The number of halogens is 3. The highest BCUT2D eigenvalue weighted by atomic mass is 127. The zero-order chi connectivity index (χ0) is 11.0. The summed E-state index contributed by atoms with van der Waals surface area (Å²) in [6, 6.07) is 1.02. The highest BCUT2D eigenvalue weighted by molar-refractivity contribution is 14.1. The lowest BCUT2D eigenvalue weighted by Gasteiger charge is -2.07. The molecule has 5 heteroatoms. The van der Waals surface area contributed by atoms with Crippen LogP contribution in [0, 0.1) is 15.2 Å². The van der Waals surface area contributed by atoms with E-state index in [4.69, 9.17) is 4.74 Å². The van der Waals surface area contributed by atoms with E-state index in [1.165, 1.54) is 19.5 Å². The second-order valence-corrected chi connectivity index (χ2v) is 4.08. The molecule has 1 aromatic carbocycles. The molecule has 0 radical (unpaired) electrons. The van der Waals surface area contributed by atoms with E-state index in [-0.39, 0.29) is 11.1 Å². The molecule has 0 atom stereocenters. The minimum absolute atomic E-state index is 0.211. The van der Waals surface area contributed by atoms with Gasteiger partial charge in [-0.25, -0.2) is 8.78 Å². The van der Waals surface area contributed by atoms with E-state index in [0.29, 0.717) is 8.96 Å². The Bertz CT molecular complexity index is 530. The first kappa shape index (κ1) is 10.5. The van der Waals surface area contributed by atoms with Crippen molar-refractivity contribution in [3.63, 3.8) is 0 Å². The van der Waals surface area contributed by atoms with Gasteiger partial charge in [-0.1, -0.05) is 0 Å². The molecule has 0 N–H and O–H groups in total. The first-order valence-electron chi connectivity index (χ1n) is 4.10. The number of benzene rings is 1. The Morgan fingerprint density at radius 2 is 2.07 bits per heavy atom. The normalized spacial score (nSPS) is 10.7. The number of aromatic nitrogens is 1. The quantitative estimate of drug-likeness (QED) is 0.753. The van der Waals surface area contributed by atoms with Gasteiger partial charge in [0.25, 0.3) is 0 Å². The first-order valence-corrected chi connectivity index (χ1v) is 5.18. The van der Waals surface area contributed by atoms with Crippen LogP contribution in [-0.4, -0.2) is 12.1 Å². The molecule has 1 heterocycles. The van der Waals surface area contributed by atoms with Gasteiger partial charge in [0.15, 0.2) is 11.6 Å². The summed E-state index contributed by atoms with van der Waals surface area (Å²) in [4.78, 5) is 3.92. The van der Waals surface area contributed by atoms with Crippen LogP contribution in [0.1, 0.15) is 0 Å². The molecule has 2 aromatic rings. The van der Waals surface area contributed by atoms with Crippen LogP contribution in [0.5, 0.6) is 5.75 Å². The third-order valence-electron chi connectivity index (χ3n) is 2.07. The van der Waals surface area contributed by atoms with Crippen LogP contribution in [0.25, 0.3) is 10.8 Å². The van der Waals surface area contributed by atoms with Gasteiger partial charge in [-0.2, -0.15) is 0 Å². The fraction of sp³-hybridized carbons (Fsp3) is 0.100. The Labute approximate surface area is 98.4 Å². The second kappa shape index (κ2) is 3.88. The first-order chi connectivity index (χ1) is 7.15. The van der Waals surface area contributed by atoms with Gasteiger partial charge in [0.1, 0.15) is 5.75 Å². The molecule has 2 rings (SSSR count). The van der Waals surface area contributed by atoms with Gasteiger partial charge in [0.05, 0.1) is 7.11 Å².